The Morgan fingerprint density at radius 2 is 2.14 bits per heavy atom. The minimum absolute atomic E-state index is 0.574. The molecular weight excluding hydrogens is 346 g/mol. The van der Waals surface area contributed by atoms with E-state index in [1.165, 1.54) is 4.88 Å². The van der Waals surface area contributed by atoms with Crippen LogP contribution in [0.2, 0.25) is 0 Å². The smallest absolute Gasteiger partial charge is 0.144 e. The number of hydrogen-bond donors (Lipinski definition) is 1. The van der Waals surface area contributed by atoms with Gasteiger partial charge in [0.05, 0.1) is 10.2 Å². The number of hydrogen-bond acceptors (Lipinski definition) is 4. The molecule has 0 aliphatic rings. The molecular formula is C16H22BrN3S. The second kappa shape index (κ2) is 7.90. The number of thiophene rings is 1. The number of anilines is 1. The first-order valence-electron chi connectivity index (χ1n) is 7.41. The fourth-order valence-corrected chi connectivity index (χ4v) is 3.26. The standard InChI is InChI=1S/C16H22BrN3S/c1-4-7-18-16-15(17)13(9-11(2)3)19-14(20-16)10-12-6-5-8-21-12/h5-6,8,11H,4,7,9-10H2,1-3H3,(H,18,19,20). The molecule has 2 rings (SSSR count). The van der Waals surface area contributed by atoms with Crippen LogP contribution in [0.1, 0.15) is 43.6 Å². The van der Waals surface area contributed by atoms with Crippen molar-refractivity contribution in [1.29, 1.82) is 0 Å². The first-order chi connectivity index (χ1) is 10.1. The number of nitrogens with zero attached hydrogens (tertiary/aromatic N) is 2. The maximum Gasteiger partial charge on any atom is 0.144 e. The molecule has 1 N–H and O–H groups in total. The molecule has 0 fully saturated rings. The second-order valence-corrected chi connectivity index (χ2v) is 7.36. The van der Waals surface area contributed by atoms with Gasteiger partial charge >= 0.3 is 0 Å². The normalized spacial score (nSPS) is 11.1. The molecule has 0 unspecified atom stereocenters. The predicted molar refractivity (Wildman–Crippen MR) is 94.2 cm³/mol. The van der Waals surface area contributed by atoms with E-state index in [2.05, 4.69) is 59.5 Å². The van der Waals surface area contributed by atoms with E-state index >= 15 is 0 Å². The van der Waals surface area contributed by atoms with Crippen molar-refractivity contribution in [3.05, 3.63) is 38.4 Å². The third kappa shape index (κ3) is 4.78. The summed E-state index contributed by atoms with van der Waals surface area (Å²) in [6.45, 7) is 7.51. The van der Waals surface area contributed by atoms with Crippen molar-refractivity contribution >= 4 is 33.1 Å². The number of halogens is 1. The Balaban J connectivity index is 2.30. The van der Waals surface area contributed by atoms with E-state index in [4.69, 9.17) is 9.97 Å². The summed E-state index contributed by atoms with van der Waals surface area (Å²) >= 11 is 5.42. The lowest BCUT2D eigenvalue weighted by atomic mass is 10.1. The van der Waals surface area contributed by atoms with Gasteiger partial charge in [-0.3, -0.25) is 0 Å². The topological polar surface area (TPSA) is 37.8 Å². The minimum Gasteiger partial charge on any atom is -0.369 e. The molecule has 0 saturated carbocycles. The Bertz CT molecular complexity index is 567. The van der Waals surface area contributed by atoms with Crippen molar-refractivity contribution in [3.63, 3.8) is 0 Å². The number of rotatable bonds is 7. The van der Waals surface area contributed by atoms with Crippen LogP contribution in [0.4, 0.5) is 5.82 Å². The van der Waals surface area contributed by atoms with Crippen LogP contribution in [-0.2, 0) is 12.8 Å². The number of aromatic nitrogens is 2. The lowest BCUT2D eigenvalue weighted by molar-refractivity contribution is 0.629. The van der Waals surface area contributed by atoms with E-state index in [-0.39, 0.29) is 0 Å². The summed E-state index contributed by atoms with van der Waals surface area (Å²) in [7, 11) is 0. The van der Waals surface area contributed by atoms with Gasteiger partial charge in [-0.25, -0.2) is 9.97 Å². The van der Waals surface area contributed by atoms with Gasteiger partial charge in [0, 0.05) is 17.8 Å². The molecule has 0 amide bonds. The van der Waals surface area contributed by atoms with Crippen LogP contribution in [0.5, 0.6) is 0 Å². The average Bonchev–Trinajstić information content (AvgIpc) is 2.93. The zero-order valence-corrected chi connectivity index (χ0v) is 15.2. The summed E-state index contributed by atoms with van der Waals surface area (Å²) in [5, 5.41) is 5.50. The van der Waals surface area contributed by atoms with Crippen molar-refractivity contribution in [3.8, 4) is 0 Å². The van der Waals surface area contributed by atoms with Crippen LogP contribution in [0, 0.1) is 5.92 Å². The van der Waals surface area contributed by atoms with Crippen LogP contribution < -0.4 is 5.32 Å². The van der Waals surface area contributed by atoms with Gasteiger partial charge in [-0.2, -0.15) is 0 Å². The van der Waals surface area contributed by atoms with Crippen molar-refractivity contribution in [2.75, 3.05) is 11.9 Å². The molecule has 0 bridgehead atoms. The fourth-order valence-electron chi connectivity index (χ4n) is 2.08. The van der Waals surface area contributed by atoms with Gasteiger partial charge in [-0.1, -0.05) is 26.8 Å². The summed E-state index contributed by atoms with van der Waals surface area (Å²) in [5.74, 6) is 2.40. The first-order valence-corrected chi connectivity index (χ1v) is 9.09. The monoisotopic (exact) mass is 367 g/mol. The Morgan fingerprint density at radius 1 is 1.33 bits per heavy atom. The molecule has 0 atom stereocenters. The summed E-state index contributed by atoms with van der Waals surface area (Å²) < 4.78 is 1.01. The molecule has 0 aliphatic heterocycles. The molecule has 2 aromatic heterocycles. The summed E-state index contributed by atoms with van der Waals surface area (Å²) in [6, 6.07) is 4.21. The van der Waals surface area contributed by atoms with E-state index in [9.17, 15) is 0 Å². The van der Waals surface area contributed by atoms with Crippen LogP contribution in [0.25, 0.3) is 0 Å². The Hall–Kier alpha value is -0.940. The molecule has 114 valence electrons. The van der Waals surface area contributed by atoms with E-state index in [0.29, 0.717) is 5.92 Å². The molecule has 0 saturated heterocycles. The predicted octanol–water partition coefficient (Wildman–Crippen LogP) is 4.91. The highest BCUT2D eigenvalue weighted by Gasteiger charge is 2.14. The number of nitrogens with one attached hydrogen (secondary N) is 1. The van der Waals surface area contributed by atoms with Gasteiger partial charge < -0.3 is 5.32 Å². The van der Waals surface area contributed by atoms with Crippen LogP contribution in [0.3, 0.4) is 0 Å². The molecule has 21 heavy (non-hydrogen) atoms. The van der Waals surface area contributed by atoms with Crippen molar-refractivity contribution in [2.45, 2.75) is 40.0 Å². The van der Waals surface area contributed by atoms with Crippen LogP contribution in [-0.4, -0.2) is 16.5 Å². The molecule has 0 spiro atoms. The zero-order chi connectivity index (χ0) is 15.2. The highest BCUT2D eigenvalue weighted by atomic mass is 79.9. The fraction of sp³-hybridized carbons (Fsp3) is 0.500. The molecule has 5 heteroatoms. The quantitative estimate of drug-likeness (QED) is 0.754. The van der Waals surface area contributed by atoms with Gasteiger partial charge in [-0.05, 0) is 46.1 Å². The second-order valence-electron chi connectivity index (χ2n) is 5.53. The third-order valence-corrected chi connectivity index (χ3v) is 4.73. The van der Waals surface area contributed by atoms with E-state index in [0.717, 1.165) is 47.6 Å². The largest absolute Gasteiger partial charge is 0.369 e. The van der Waals surface area contributed by atoms with Gasteiger partial charge in [0.15, 0.2) is 0 Å². The molecule has 0 radical (unpaired) electrons. The maximum atomic E-state index is 4.76. The maximum absolute atomic E-state index is 4.76. The molecule has 0 aliphatic carbocycles. The van der Waals surface area contributed by atoms with Gasteiger partial charge in [0.2, 0.25) is 0 Å². The lowest BCUT2D eigenvalue weighted by Gasteiger charge is -2.13. The highest BCUT2D eigenvalue weighted by Crippen LogP contribution is 2.26. The Kier molecular flexibility index (Phi) is 6.18. The van der Waals surface area contributed by atoms with Crippen LogP contribution in [0.15, 0.2) is 22.0 Å². The Morgan fingerprint density at radius 3 is 2.76 bits per heavy atom. The molecule has 2 aromatic rings. The SMILES string of the molecule is CCCNc1nc(Cc2cccs2)nc(CC(C)C)c1Br. The summed E-state index contributed by atoms with van der Waals surface area (Å²) in [5.41, 5.74) is 1.10. The molecule has 2 heterocycles. The first kappa shape index (κ1) is 16.4. The highest BCUT2D eigenvalue weighted by molar-refractivity contribution is 9.10. The van der Waals surface area contributed by atoms with E-state index in [1.807, 2.05) is 0 Å². The van der Waals surface area contributed by atoms with Gasteiger partial charge in [-0.15, -0.1) is 11.3 Å². The molecule has 0 aromatic carbocycles. The van der Waals surface area contributed by atoms with E-state index < -0.39 is 0 Å². The zero-order valence-electron chi connectivity index (χ0n) is 12.8. The van der Waals surface area contributed by atoms with E-state index in [1.54, 1.807) is 11.3 Å². The van der Waals surface area contributed by atoms with Gasteiger partial charge in [0.25, 0.3) is 0 Å². The Labute approximate surface area is 139 Å². The van der Waals surface area contributed by atoms with Gasteiger partial charge in [0.1, 0.15) is 11.6 Å². The molecule has 3 nitrogen and oxygen atoms in total. The minimum atomic E-state index is 0.574. The van der Waals surface area contributed by atoms with Crippen molar-refractivity contribution in [1.82, 2.24) is 9.97 Å². The third-order valence-electron chi connectivity index (χ3n) is 3.02. The summed E-state index contributed by atoms with van der Waals surface area (Å²) in [4.78, 5) is 10.8. The van der Waals surface area contributed by atoms with Crippen molar-refractivity contribution < 1.29 is 0 Å². The lowest BCUT2D eigenvalue weighted by Crippen LogP contribution is -2.10. The van der Waals surface area contributed by atoms with Crippen LogP contribution >= 0.6 is 27.3 Å². The average molecular weight is 368 g/mol. The summed E-state index contributed by atoms with van der Waals surface area (Å²) in [6.07, 6.45) is 2.84. The van der Waals surface area contributed by atoms with Crippen molar-refractivity contribution in [2.24, 2.45) is 5.92 Å².